The van der Waals surface area contributed by atoms with E-state index in [2.05, 4.69) is 5.32 Å². The molecule has 0 aromatic heterocycles. The van der Waals surface area contributed by atoms with Gasteiger partial charge in [0.05, 0.1) is 32.2 Å². The van der Waals surface area contributed by atoms with Crippen LogP contribution in [0.1, 0.15) is 19.8 Å². The molecule has 0 spiro atoms. The van der Waals surface area contributed by atoms with Crippen LogP contribution in [-0.4, -0.2) is 51.2 Å². The molecule has 0 radical (unpaired) electrons. The topological polar surface area (TPSA) is 95.1 Å². The third-order valence-electron chi connectivity index (χ3n) is 4.26. The van der Waals surface area contributed by atoms with Crippen molar-refractivity contribution in [1.82, 2.24) is 5.32 Å². The average Bonchev–Trinajstić information content (AvgIpc) is 2.60. The summed E-state index contributed by atoms with van der Waals surface area (Å²) < 4.78 is 11.0. The molecular formula is C18H28N3O4+. The van der Waals surface area contributed by atoms with Gasteiger partial charge < -0.3 is 25.4 Å². The molecular weight excluding hydrogens is 322 g/mol. The van der Waals surface area contributed by atoms with Crippen molar-refractivity contribution in [1.29, 1.82) is 0 Å². The van der Waals surface area contributed by atoms with E-state index in [-0.39, 0.29) is 17.7 Å². The minimum Gasteiger partial charge on any atom is -0.494 e. The molecule has 0 bridgehead atoms. The van der Waals surface area contributed by atoms with Crippen LogP contribution in [0.3, 0.4) is 0 Å². The number of amides is 2. The number of nitrogens with two attached hydrogens (primary N) is 1. The highest BCUT2D eigenvalue weighted by molar-refractivity contribution is 5.77. The molecule has 7 nitrogen and oxygen atoms in total. The van der Waals surface area contributed by atoms with E-state index >= 15 is 0 Å². The number of primary amides is 1. The second-order valence-electron chi connectivity index (χ2n) is 6.23. The number of carbonyl (C=O) groups is 2. The maximum atomic E-state index is 12.0. The lowest BCUT2D eigenvalue weighted by molar-refractivity contribution is -0.899. The predicted molar refractivity (Wildman–Crippen MR) is 93.6 cm³/mol. The first kappa shape index (κ1) is 19.1. The number of quaternary nitrogens is 1. The number of hydrogen-bond acceptors (Lipinski definition) is 4. The number of ether oxygens (including phenoxy) is 2. The third-order valence-corrected chi connectivity index (χ3v) is 4.26. The zero-order valence-electron chi connectivity index (χ0n) is 14.8. The SMILES string of the molecule is CCOc1ccc(OCCNC(=O)C[NH+]2CCC[C@H](C(N)=O)C2)cc1. The maximum absolute atomic E-state index is 12.0. The zero-order chi connectivity index (χ0) is 18.1. The van der Waals surface area contributed by atoms with Gasteiger partial charge in [-0.15, -0.1) is 0 Å². The largest absolute Gasteiger partial charge is 0.494 e. The Labute approximate surface area is 148 Å². The molecule has 2 atom stereocenters. The lowest BCUT2D eigenvalue weighted by Crippen LogP contribution is -3.15. The standard InChI is InChI=1S/C18H27N3O4/c1-2-24-15-5-7-16(8-6-15)25-11-9-20-17(22)13-21-10-3-4-14(12-21)18(19)23/h5-8,14H,2-4,9-13H2,1H3,(H2,19,23)(H,20,22)/p+1/t14-/m0/s1. The summed E-state index contributed by atoms with van der Waals surface area (Å²) in [6.07, 6.45) is 1.76. The van der Waals surface area contributed by atoms with Crippen molar-refractivity contribution in [3.05, 3.63) is 24.3 Å². The van der Waals surface area contributed by atoms with Crippen LogP contribution >= 0.6 is 0 Å². The Hall–Kier alpha value is -2.28. The molecule has 2 amide bonds. The summed E-state index contributed by atoms with van der Waals surface area (Å²) in [4.78, 5) is 24.4. The summed E-state index contributed by atoms with van der Waals surface area (Å²) >= 11 is 0. The van der Waals surface area contributed by atoms with Crippen molar-refractivity contribution < 1.29 is 24.0 Å². The van der Waals surface area contributed by atoms with Crippen molar-refractivity contribution in [2.75, 3.05) is 39.4 Å². The molecule has 1 fully saturated rings. The van der Waals surface area contributed by atoms with Crippen LogP contribution in [0, 0.1) is 5.92 Å². The van der Waals surface area contributed by atoms with Gasteiger partial charge in [-0.1, -0.05) is 0 Å². The molecule has 2 rings (SSSR count). The first-order valence-corrected chi connectivity index (χ1v) is 8.83. The smallest absolute Gasteiger partial charge is 0.275 e. The van der Waals surface area contributed by atoms with E-state index in [0.717, 1.165) is 35.8 Å². The monoisotopic (exact) mass is 350 g/mol. The molecule has 1 aromatic carbocycles. The predicted octanol–water partition coefficient (Wildman–Crippen LogP) is -0.639. The zero-order valence-corrected chi connectivity index (χ0v) is 14.8. The van der Waals surface area contributed by atoms with Crippen LogP contribution in [0.4, 0.5) is 0 Å². The second-order valence-corrected chi connectivity index (χ2v) is 6.23. The van der Waals surface area contributed by atoms with E-state index in [1.807, 2.05) is 31.2 Å². The lowest BCUT2D eigenvalue weighted by Gasteiger charge is -2.27. The Kier molecular flexibility index (Phi) is 7.53. The van der Waals surface area contributed by atoms with Gasteiger partial charge in [-0.05, 0) is 44.0 Å². The van der Waals surface area contributed by atoms with Crippen LogP contribution in [0.25, 0.3) is 0 Å². The van der Waals surface area contributed by atoms with Crippen molar-refractivity contribution in [2.45, 2.75) is 19.8 Å². The van der Waals surface area contributed by atoms with E-state index in [4.69, 9.17) is 15.2 Å². The first-order chi connectivity index (χ1) is 12.1. The molecule has 138 valence electrons. The molecule has 1 aromatic rings. The summed E-state index contributed by atoms with van der Waals surface area (Å²) in [5.41, 5.74) is 5.36. The molecule has 0 aliphatic carbocycles. The van der Waals surface area contributed by atoms with Crippen molar-refractivity contribution >= 4 is 11.8 Å². The number of carbonyl (C=O) groups excluding carboxylic acids is 2. The van der Waals surface area contributed by atoms with Crippen LogP contribution in [0.2, 0.25) is 0 Å². The third kappa shape index (κ3) is 6.62. The van der Waals surface area contributed by atoms with Gasteiger partial charge in [-0.25, -0.2) is 0 Å². The van der Waals surface area contributed by atoms with Crippen LogP contribution in [-0.2, 0) is 9.59 Å². The molecule has 1 saturated heterocycles. The molecule has 0 saturated carbocycles. The highest BCUT2D eigenvalue weighted by atomic mass is 16.5. The minimum absolute atomic E-state index is 0.0320. The Morgan fingerprint density at radius 2 is 1.92 bits per heavy atom. The number of rotatable bonds is 9. The fraction of sp³-hybridized carbons (Fsp3) is 0.556. The molecule has 1 heterocycles. The number of benzene rings is 1. The Bertz CT molecular complexity index is 562. The highest BCUT2D eigenvalue weighted by Gasteiger charge is 2.28. The summed E-state index contributed by atoms with van der Waals surface area (Å²) in [7, 11) is 0. The van der Waals surface area contributed by atoms with Crippen LogP contribution in [0.5, 0.6) is 11.5 Å². The van der Waals surface area contributed by atoms with Crippen molar-refractivity contribution in [3.8, 4) is 11.5 Å². The van der Waals surface area contributed by atoms with Crippen molar-refractivity contribution in [3.63, 3.8) is 0 Å². The fourth-order valence-corrected chi connectivity index (χ4v) is 3.00. The quantitative estimate of drug-likeness (QED) is 0.516. The average molecular weight is 350 g/mol. The summed E-state index contributed by atoms with van der Waals surface area (Å²) in [6.45, 7) is 5.33. The molecule has 25 heavy (non-hydrogen) atoms. The van der Waals surface area contributed by atoms with Gasteiger partial charge in [-0.2, -0.15) is 0 Å². The van der Waals surface area contributed by atoms with Gasteiger partial charge in [0.2, 0.25) is 5.91 Å². The van der Waals surface area contributed by atoms with Crippen LogP contribution < -0.4 is 25.4 Å². The Morgan fingerprint density at radius 1 is 1.24 bits per heavy atom. The van der Waals surface area contributed by atoms with E-state index in [0.29, 0.717) is 32.8 Å². The Morgan fingerprint density at radius 3 is 2.56 bits per heavy atom. The van der Waals surface area contributed by atoms with Gasteiger partial charge in [0, 0.05) is 0 Å². The minimum atomic E-state index is -0.263. The molecule has 1 aliphatic rings. The van der Waals surface area contributed by atoms with E-state index < -0.39 is 0 Å². The summed E-state index contributed by atoms with van der Waals surface area (Å²) in [5.74, 6) is 1.14. The molecule has 1 unspecified atom stereocenters. The van der Waals surface area contributed by atoms with Gasteiger partial charge in [0.15, 0.2) is 6.54 Å². The normalized spacial score (nSPS) is 19.9. The summed E-state index contributed by atoms with van der Waals surface area (Å²) in [5, 5.41) is 2.85. The van der Waals surface area contributed by atoms with Gasteiger partial charge in [0.1, 0.15) is 18.1 Å². The van der Waals surface area contributed by atoms with E-state index in [1.165, 1.54) is 0 Å². The number of piperidine rings is 1. The highest BCUT2D eigenvalue weighted by Crippen LogP contribution is 2.17. The number of hydrogen-bond donors (Lipinski definition) is 3. The fourth-order valence-electron chi connectivity index (χ4n) is 3.00. The van der Waals surface area contributed by atoms with Gasteiger partial charge in [0.25, 0.3) is 5.91 Å². The van der Waals surface area contributed by atoms with E-state index in [9.17, 15) is 9.59 Å². The summed E-state index contributed by atoms with van der Waals surface area (Å²) in [6, 6.07) is 7.39. The second kappa shape index (κ2) is 9.88. The van der Waals surface area contributed by atoms with Gasteiger partial charge in [-0.3, -0.25) is 9.59 Å². The van der Waals surface area contributed by atoms with Crippen molar-refractivity contribution in [2.24, 2.45) is 11.7 Å². The number of likely N-dealkylation sites (tertiary alicyclic amines) is 1. The van der Waals surface area contributed by atoms with Crippen LogP contribution in [0.15, 0.2) is 24.3 Å². The lowest BCUT2D eigenvalue weighted by atomic mass is 9.97. The van der Waals surface area contributed by atoms with E-state index in [1.54, 1.807) is 0 Å². The molecule has 7 heteroatoms. The number of nitrogens with one attached hydrogen (secondary N) is 2. The first-order valence-electron chi connectivity index (χ1n) is 8.83. The molecule has 4 N–H and O–H groups in total. The molecule has 1 aliphatic heterocycles. The van der Waals surface area contributed by atoms with Gasteiger partial charge >= 0.3 is 0 Å². The Balaban J connectivity index is 1.62. The maximum Gasteiger partial charge on any atom is 0.275 e.